The summed E-state index contributed by atoms with van der Waals surface area (Å²) in [4.78, 5) is 3.93. The van der Waals surface area contributed by atoms with Crippen LogP contribution in [0, 0.1) is 0 Å². The zero-order valence-corrected chi connectivity index (χ0v) is 11.9. The standard InChI is InChI=1S/C13H13ClF3N3O/c1-20-9(7-19-12(20)14)6-18-10-4-2-3-5-11(10)21-8-13(15,16)17/h2-5,7,18H,6,8H2,1H3. The topological polar surface area (TPSA) is 39.1 Å². The molecule has 0 saturated carbocycles. The number of anilines is 1. The van der Waals surface area contributed by atoms with Gasteiger partial charge < -0.3 is 14.6 Å². The molecule has 1 N–H and O–H groups in total. The fraction of sp³-hybridized carbons (Fsp3) is 0.308. The second-order valence-corrected chi connectivity index (χ2v) is 4.67. The number of ether oxygens (including phenoxy) is 1. The normalized spacial score (nSPS) is 11.5. The van der Waals surface area contributed by atoms with Crippen LogP contribution < -0.4 is 10.1 Å². The molecule has 0 fully saturated rings. The van der Waals surface area contributed by atoms with E-state index in [0.717, 1.165) is 5.69 Å². The number of hydrogen-bond donors (Lipinski definition) is 1. The zero-order valence-electron chi connectivity index (χ0n) is 11.1. The molecule has 0 spiro atoms. The molecule has 1 aromatic carbocycles. The first-order chi connectivity index (χ1) is 9.87. The Kier molecular flexibility index (Phi) is 4.62. The molecule has 0 radical (unpaired) electrons. The lowest BCUT2D eigenvalue weighted by atomic mass is 10.3. The van der Waals surface area contributed by atoms with Crippen LogP contribution in [0.1, 0.15) is 5.69 Å². The van der Waals surface area contributed by atoms with Gasteiger partial charge in [-0.3, -0.25) is 0 Å². The minimum Gasteiger partial charge on any atom is -0.482 e. The van der Waals surface area contributed by atoms with Gasteiger partial charge in [-0.2, -0.15) is 13.2 Å². The van der Waals surface area contributed by atoms with Crippen molar-refractivity contribution in [2.24, 2.45) is 7.05 Å². The van der Waals surface area contributed by atoms with Crippen molar-refractivity contribution < 1.29 is 17.9 Å². The number of hydrogen-bond acceptors (Lipinski definition) is 3. The number of halogens is 4. The van der Waals surface area contributed by atoms with E-state index in [9.17, 15) is 13.2 Å². The quantitative estimate of drug-likeness (QED) is 0.914. The summed E-state index contributed by atoms with van der Waals surface area (Å²) in [6, 6.07) is 6.44. The third kappa shape index (κ3) is 4.29. The number of nitrogens with zero attached hydrogens (tertiary/aromatic N) is 2. The van der Waals surface area contributed by atoms with Gasteiger partial charge in [0.2, 0.25) is 5.28 Å². The van der Waals surface area contributed by atoms with Gasteiger partial charge in [-0.1, -0.05) is 12.1 Å². The molecule has 0 atom stereocenters. The molecule has 4 nitrogen and oxygen atoms in total. The molecule has 2 rings (SSSR count). The molecule has 1 heterocycles. The third-order valence-electron chi connectivity index (χ3n) is 2.77. The lowest BCUT2D eigenvalue weighted by Gasteiger charge is -2.14. The van der Waals surface area contributed by atoms with Gasteiger partial charge >= 0.3 is 6.18 Å². The van der Waals surface area contributed by atoms with E-state index < -0.39 is 12.8 Å². The molecule has 2 aromatic rings. The van der Waals surface area contributed by atoms with Gasteiger partial charge in [0, 0.05) is 7.05 Å². The van der Waals surface area contributed by atoms with Gasteiger partial charge in [-0.05, 0) is 23.7 Å². The molecule has 0 aliphatic carbocycles. The van der Waals surface area contributed by atoms with Crippen molar-refractivity contribution in [1.29, 1.82) is 0 Å². The van der Waals surface area contributed by atoms with Crippen molar-refractivity contribution >= 4 is 17.3 Å². The van der Waals surface area contributed by atoms with Gasteiger partial charge in [0.05, 0.1) is 24.1 Å². The van der Waals surface area contributed by atoms with Gasteiger partial charge in [0.1, 0.15) is 5.75 Å². The maximum Gasteiger partial charge on any atom is 0.422 e. The Morgan fingerprint density at radius 2 is 2.05 bits per heavy atom. The lowest BCUT2D eigenvalue weighted by molar-refractivity contribution is -0.153. The van der Waals surface area contributed by atoms with Crippen LogP contribution in [0.3, 0.4) is 0 Å². The lowest BCUT2D eigenvalue weighted by Crippen LogP contribution is -2.19. The van der Waals surface area contributed by atoms with Gasteiger partial charge in [0.15, 0.2) is 6.61 Å². The van der Waals surface area contributed by atoms with Crippen molar-refractivity contribution in [3.05, 3.63) is 41.4 Å². The number of imidazole rings is 1. The number of para-hydroxylation sites is 2. The SMILES string of the molecule is Cn1c(CNc2ccccc2OCC(F)(F)F)cnc1Cl. The van der Waals surface area contributed by atoms with Crippen molar-refractivity contribution in [3.63, 3.8) is 0 Å². The summed E-state index contributed by atoms with van der Waals surface area (Å²) in [5.74, 6) is 0.142. The van der Waals surface area contributed by atoms with E-state index in [1.165, 1.54) is 6.07 Å². The minimum atomic E-state index is -4.37. The molecular weight excluding hydrogens is 307 g/mol. The molecule has 0 bridgehead atoms. The summed E-state index contributed by atoms with van der Waals surface area (Å²) in [6.45, 7) is -0.966. The van der Waals surface area contributed by atoms with Gasteiger partial charge in [-0.15, -0.1) is 0 Å². The van der Waals surface area contributed by atoms with Crippen LogP contribution in [-0.2, 0) is 13.6 Å². The van der Waals surface area contributed by atoms with Crippen LogP contribution in [0.15, 0.2) is 30.5 Å². The first kappa shape index (κ1) is 15.5. The Balaban J connectivity index is 2.04. The average Bonchev–Trinajstić information content (AvgIpc) is 2.74. The molecular formula is C13H13ClF3N3O. The highest BCUT2D eigenvalue weighted by atomic mass is 35.5. The number of aromatic nitrogens is 2. The number of benzene rings is 1. The minimum absolute atomic E-state index is 0.142. The van der Waals surface area contributed by atoms with Gasteiger partial charge in [0.25, 0.3) is 0 Å². The van der Waals surface area contributed by atoms with E-state index in [4.69, 9.17) is 16.3 Å². The van der Waals surface area contributed by atoms with E-state index in [1.807, 2.05) is 0 Å². The Labute approximate surface area is 124 Å². The van der Waals surface area contributed by atoms with Crippen molar-refractivity contribution in [3.8, 4) is 5.75 Å². The second kappa shape index (κ2) is 6.26. The third-order valence-corrected chi connectivity index (χ3v) is 3.12. The van der Waals surface area contributed by atoms with E-state index in [2.05, 4.69) is 10.3 Å². The fourth-order valence-corrected chi connectivity index (χ4v) is 1.82. The summed E-state index contributed by atoms with van der Waals surface area (Å²) < 4.78 is 43.1. The largest absolute Gasteiger partial charge is 0.482 e. The predicted octanol–water partition coefficient (Wildman–Crippen LogP) is 3.63. The van der Waals surface area contributed by atoms with E-state index in [-0.39, 0.29) is 5.75 Å². The molecule has 1 aromatic heterocycles. The molecule has 21 heavy (non-hydrogen) atoms. The molecule has 0 unspecified atom stereocenters. The molecule has 0 aliphatic heterocycles. The van der Waals surface area contributed by atoms with Crippen molar-refractivity contribution in [2.45, 2.75) is 12.7 Å². The van der Waals surface area contributed by atoms with Crippen LogP contribution in [0.25, 0.3) is 0 Å². The number of nitrogens with one attached hydrogen (secondary N) is 1. The van der Waals surface area contributed by atoms with Crippen molar-refractivity contribution in [1.82, 2.24) is 9.55 Å². The van der Waals surface area contributed by atoms with Crippen LogP contribution in [-0.4, -0.2) is 22.3 Å². The molecule has 0 saturated heterocycles. The summed E-state index contributed by atoms with van der Waals surface area (Å²) in [5.41, 5.74) is 1.27. The average molecular weight is 320 g/mol. The smallest absolute Gasteiger partial charge is 0.422 e. The highest BCUT2D eigenvalue weighted by Crippen LogP contribution is 2.26. The second-order valence-electron chi connectivity index (χ2n) is 4.33. The van der Waals surface area contributed by atoms with E-state index in [1.54, 1.807) is 36.0 Å². The molecule has 114 valence electrons. The van der Waals surface area contributed by atoms with Crippen LogP contribution >= 0.6 is 11.6 Å². The summed E-state index contributed by atoms with van der Waals surface area (Å²) in [7, 11) is 1.75. The van der Waals surface area contributed by atoms with E-state index in [0.29, 0.717) is 17.5 Å². The maximum absolute atomic E-state index is 12.2. The number of alkyl halides is 3. The highest BCUT2D eigenvalue weighted by Gasteiger charge is 2.28. The first-order valence-electron chi connectivity index (χ1n) is 6.05. The molecule has 0 aliphatic rings. The molecule has 0 amide bonds. The summed E-state index contributed by atoms with van der Waals surface area (Å²) in [6.07, 6.45) is -2.78. The fourth-order valence-electron chi connectivity index (χ4n) is 1.67. The first-order valence-corrected chi connectivity index (χ1v) is 6.43. The maximum atomic E-state index is 12.2. The highest BCUT2D eigenvalue weighted by molar-refractivity contribution is 6.28. The monoisotopic (exact) mass is 319 g/mol. The predicted molar refractivity (Wildman–Crippen MR) is 73.5 cm³/mol. The number of rotatable bonds is 5. The van der Waals surface area contributed by atoms with Crippen LogP contribution in [0.5, 0.6) is 5.75 Å². The zero-order chi connectivity index (χ0) is 15.5. The summed E-state index contributed by atoms with van der Waals surface area (Å²) >= 11 is 5.82. The Morgan fingerprint density at radius 1 is 1.33 bits per heavy atom. The van der Waals surface area contributed by atoms with Crippen LogP contribution in [0.4, 0.5) is 18.9 Å². The Morgan fingerprint density at radius 3 is 2.67 bits per heavy atom. The van der Waals surface area contributed by atoms with Crippen molar-refractivity contribution in [2.75, 3.05) is 11.9 Å². The molecule has 8 heteroatoms. The van der Waals surface area contributed by atoms with E-state index >= 15 is 0 Å². The summed E-state index contributed by atoms with van der Waals surface area (Å²) in [5, 5.41) is 3.35. The van der Waals surface area contributed by atoms with Crippen LogP contribution in [0.2, 0.25) is 5.28 Å². The Bertz CT molecular complexity index is 613. The van der Waals surface area contributed by atoms with Gasteiger partial charge in [-0.25, -0.2) is 4.98 Å². The Hall–Kier alpha value is -1.89.